The third kappa shape index (κ3) is 3.88. The molecular weight excluding hydrogens is 414 g/mol. The predicted molar refractivity (Wildman–Crippen MR) is 121 cm³/mol. The summed E-state index contributed by atoms with van der Waals surface area (Å²) < 4.78 is 7.43. The molecule has 0 bridgehead atoms. The molecule has 0 N–H and O–H groups in total. The Hall–Kier alpha value is -2.64. The summed E-state index contributed by atoms with van der Waals surface area (Å²) in [4.78, 5) is 26.4. The van der Waals surface area contributed by atoms with E-state index in [9.17, 15) is 4.79 Å². The number of aryl methyl sites for hydroxylation is 1. The van der Waals surface area contributed by atoms with Crippen LogP contribution >= 0.6 is 11.6 Å². The molecule has 0 radical (unpaired) electrons. The first-order valence-electron chi connectivity index (χ1n) is 10.8. The second-order valence-electron chi connectivity index (χ2n) is 8.20. The molecule has 2 aliphatic heterocycles. The number of morpholine rings is 1. The summed E-state index contributed by atoms with van der Waals surface area (Å²) in [6.45, 7) is 4.31. The number of para-hydroxylation sites is 2. The maximum absolute atomic E-state index is 12.8. The lowest BCUT2D eigenvalue weighted by Gasteiger charge is -2.36. The third-order valence-electron chi connectivity index (χ3n) is 6.36. The first kappa shape index (κ1) is 20.3. The Bertz CT molecular complexity index is 1100. The van der Waals surface area contributed by atoms with Crippen molar-refractivity contribution >= 4 is 34.4 Å². The van der Waals surface area contributed by atoms with Crippen LogP contribution in [0, 0.1) is 5.92 Å². The maximum atomic E-state index is 12.8. The van der Waals surface area contributed by atoms with Crippen molar-refractivity contribution in [3.63, 3.8) is 0 Å². The van der Waals surface area contributed by atoms with Gasteiger partial charge >= 0.3 is 0 Å². The van der Waals surface area contributed by atoms with E-state index in [1.54, 1.807) is 6.20 Å². The van der Waals surface area contributed by atoms with Gasteiger partial charge in [-0.25, -0.2) is 9.97 Å². The molecule has 162 valence electrons. The summed E-state index contributed by atoms with van der Waals surface area (Å²) in [6, 6.07) is 10.1. The van der Waals surface area contributed by atoms with Crippen LogP contribution in [0.3, 0.4) is 0 Å². The number of ether oxygens (including phenoxy) is 1. The third-order valence-corrected chi connectivity index (χ3v) is 6.66. The summed E-state index contributed by atoms with van der Waals surface area (Å²) in [5.41, 5.74) is 2.88. The van der Waals surface area contributed by atoms with E-state index in [1.807, 2.05) is 36.2 Å². The number of imidazole rings is 1. The highest BCUT2D eigenvalue weighted by Crippen LogP contribution is 2.33. The van der Waals surface area contributed by atoms with Crippen molar-refractivity contribution in [3.05, 3.63) is 41.6 Å². The Morgan fingerprint density at radius 3 is 2.61 bits per heavy atom. The summed E-state index contributed by atoms with van der Waals surface area (Å²) in [7, 11) is 2.00. The molecule has 8 heteroatoms. The zero-order valence-corrected chi connectivity index (χ0v) is 18.4. The zero-order chi connectivity index (χ0) is 21.4. The summed E-state index contributed by atoms with van der Waals surface area (Å²) in [5, 5.41) is 0.583. The van der Waals surface area contributed by atoms with Crippen LogP contribution in [0.2, 0.25) is 5.02 Å². The Balaban J connectivity index is 1.34. The Morgan fingerprint density at radius 1 is 1.13 bits per heavy atom. The minimum Gasteiger partial charge on any atom is -0.378 e. The highest BCUT2D eigenvalue weighted by atomic mass is 35.5. The van der Waals surface area contributed by atoms with Crippen molar-refractivity contribution in [3.8, 4) is 11.4 Å². The molecule has 0 aliphatic carbocycles. The molecule has 0 atom stereocenters. The molecule has 4 heterocycles. The molecule has 0 spiro atoms. The molecule has 0 unspecified atom stereocenters. The van der Waals surface area contributed by atoms with E-state index in [4.69, 9.17) is 21.3 Å². The van der Waals surface area contributed by atoms with Crippen LogP contribution in [0.5, 0.6) is 0 Å². The van der Waals surface area contributed by atoms with Gasteiger partial charge in [-0.1, -0.05) is 23.7 Å². The lowest BCUT2D eigenvalue weighted by atomic mass is 9.95. The monoisotopic (exact) mass is 439 g/mol. The number of benzene rings is 1. The van der Waals surface area contributed by atoms with E-state index < -0.39 is 0 Å². The normalized spacial score (nSPS) is 18.0. The van der Waals surface area contributed by atoms with E-state index in [0.717, 1.165) is 54.2 Å². The maximum Gasteiger partial charge on any atom is 0.225 e. The average molecular weight is 440 g/mol. The molecule has 2 aliphatic rings. The van der Waals surface area contributed by atoms with Crippen LogP contribution in [0.4, 0.5) is 5.82 Å². The average Bonchev–Trinajstić information content (AvgIpc) is 3.16. The molecule has 7 nitrogen and oxygen atoms in total. The van der Waals surface area contributed by atoms with Crippen LogP contribution in [0.15, 0.2) is 36.5 Å². The highest BCUT2D eigenvalue weighted by molar-refractivity contribution is 6.33. The number of halogens is 1. The van der Waals surface area contributed by atoms with Crippen molar-refractivity contribution in [1.29, 1.82) is 0 Å². The minimum absolute atomic E-state index is 0.0842. The van der Waals surface area contributed by atoms with E-state index >= 15 is 0 Å². The largest absolute Gasteiger partial charge is 0.378 e. The van der Waals surface area contributed by atoms with Gasteiger partial charge in [0.25, 0.3) is 0 Å². The summed E-state index contributed by atoms with van der Waals surface area (Å²) >= 11 is 6.53. The van der Waals surface area contributed by atoms with Crippen LogP contribution in [0.25, 0.3) is 22.4 Å². The van der Waals surface area contributed by atoms with Gasteiger partial charge in [0.2, 0.25) is 5.91 Å². The molecule has 31 heavy (non-hydrogen) atoms. The van der Waals surface area contributed by atoms with Gasteiger partial charge in [0.15, 0.2) is 0 Å². The molecule has 0 saturated carbocycles. The molecule has 1 aromatic carbocycles. The number of carbonyl (C=O) groups excluding carboxylic acids is 1. The van der Waals surface area contributed by atoms with Crippen molar-refractivity contribution in [1.82, 2.24) is 19.4 Å². The fraction of sp³-hybridized carbons (Fsp3) is 0.435. The fourth-order valence-corrected chi connectivity index (χ4v) is 4.74. The van der Waals surface area contributed by atoms with Crippen LogP contribution in [-0.2, 0) is 16.6 Å². The molecule has 2 saturated heterocycles. The second kappa shape index (κ2) is 8.48. The quantitative estimate of drug-likeness (QED) is 0.626. The van der Waals surface area contributed by atoms with Gasteiger partial charge in [0.05, 0.1) is 29.3 Å². The number of aromatic nitrogens is 3. The highest BCUT2D eigenvalue weighted by Gasteiger charge is 2.30. The number of pyridine rings is 1. The molecule has 3 aromatic rings. The number of hydrogen-bond acceptors (Lipinski definition) is 5. The first-order chi connectivity index (χ1) is 15.1. The molecule has 2 aromatic heterocycles. The molecular formula is C23H26ClN5O2. The van der Waals surface area contributed by atoms with E-state index in [0.29, 0.717) is 31.3 Å². The van der Waals surface area contributed by atoms with Crippen molar-refractivity contribution in [2.45, 2.75) is 12.8 Å². The van der Waals surface area contributed by atoms with Crippen LogP contribution < -0.4 is 4.90 Å². The smallest absolute Gasteiger partial charge is 0.225 e. The van der Waals surface area contributed by atoms with Gasteiger partial charge in [0.1, 0.15) is 11.6 Å². The van der Waals surface area contributed by atoms with Gasteiger partial charge in [-0.2, -0.15) is 0 Å². The SMILES string of the molecule is Cn1c(-c2cc(N3CCC(C(=O)N4CCOCC4)CC3)ncc2Cl)nc2ccccc21. The topological polar surface area (TPSA) is 63.5 Å². The Morgan fingerprint density at radius 2 is 1.87 bits per heavy atom. The number of hydrogen-bond donors (Lipinski definition) is 0. The number of anilines is 1. The summed E-state index contributed by atoms with van der Waals surface area (Å²) in [6.07, 6.45) is 3.38. The molecule has 2 fully saturated rings. The van der Waals surface area contributed by atoms with Gasteiger partial charge in [0, 0.05) is 50.9 Å². The predicted octanol–water partition coefficient (Wildman–Crippen LogP) is 3.36. The fourth-order valence-electron chi connectivity index (χ4n) is 4.56. The summed E-state index contributed by atoms with van der Waals surface area (Å²) in [5.74, 6) is 2.06. The second-order valence-corrected chi connectivity index (χ2v) is 8.61. The Labute approximate surface area is 186 Å². The number of fused-ring (bicyclic) bond motifs is 1. The van der Waals surface area contributed by atoms with Gasteiger partial charge in [-0.3, -0.25) is 4.79 Å². The van der Waals surface area contributed by atoms with Gasteiger partial charge < -0.3 is 19.1 Å². The van der Waals surface area contributed by atoms with E-state index in [-0.39, 0.29) is 11.8 Å². The standard InChI is InChI=1S/C23H26ClN5O2/c1-27-20-5-3-2-4-19(20)26-22(27)17-14-21(25-15-18(17)24)28-8-6-16(7-9-28)23(30)29-10-12-31-13-11-29/h2-5,14-16H,6-13H2,1H3. The van der Waals surface area contributed by atoms with E-state index in [2.05, 4.69) is 20.5 Å². The van der Waals surface area contributed by atoms with Gasteiger partial charge in [-0.15, -0.1) is 0 Å². The first-order valence-corrected chi connectivity index (χ1v) is 11.2. The number of piperidine rings is 1. The zero-order valence-electron chi connectivity index (χ0n) is 17.6. The van der Waals surface area contributed by atoms with E-state index in [1.165, 1.54) is 0 Å². The number of rotatable bonds is 3. The van der Waals surface area contributed by atoms with Crippen molar-refractivity contribution in [2.75, 3.05) is 44.3 Å². The lowest BCUT2D eigenvalue weighted by molar-refractivity contribution is -0.140. The molecule has 1 amide bonds. The Kier molecular flexibility index (Phi) is 5.54. The lowest BCUT2D eigenvalue weighted by Crippen LogP contribution is -2.46. The number of carbonyl (C=O) groups is 1. The number of amides is 1. The van der Waals surface area contributed by atoms with Gasteiger partial charge in [-0.05, 0) is 31.0 Å². The van der Waals surface area contributed by atoms with Crippen LogP contribution in [-0.4, -0.2) is 64.7 Å². The number of nitrogens with zero attached hydrogens (tertiary/aromatic N) is 5. The van der Waals surface area contributed by atoms with Crippen LogP contribution in [0.1, 0.15) is 12.8 Å². The minimum atomic E-state index is 0.0842. The van der Waals surface area contributed by atoms with Crippen molar-refractivity contribution in [2.24, 2.45) is 13.0 Å². The van der Waals surface area contributed by atoms with Crippen molar-refractivity contribution < 1.29 is 9.53 Å². The molecule has 5 rings (SSSR count).